The molecule has 0 saturated carbocycles. The maximum absolute atomic E-state index is 11.2. The fourth-order valence-corrected chi connectivity index (χ4v) is 1.08. The molecule has 0 aromatic heterocycles. The minimum absolute atomic E-state index is 0.236. The van der Waals surface area contributed by atoms with E-state index >= 15 is 0 Å². The third kappa shape index (κ3) is 2.11. The molecule has 0 aliphatic heterocycles. The number of nitrogens with one attached hydrogen (secondary N) is 1. The van der Waals surface area contributed by atoms with Gasteiger partial charge < -0.3 is 10.5 Å². The van der Waals surface area contributed by atoms with E-state index in [1.165, 1.54) is 25.3 Å². The van der Waals surface area contributed by atoms with E-state index in [9.17, 15) is 4.79 Å². The van der Waals surface area contributed by atoms with E-state index in [2.05, 4.69) is 4.74 Å². The summed E-state index contributed by atoms with van der Waals surface area (Å²) >= 11 is 0. The van der Waals surface area contributed by atoms with Crippen LogP contribution in [0.3, 0.4) is 0 Å². The Balaban J connectivity index is 3.24. The number of anilines is 1. The van der Waals surface area contributed by atoms with Crippen LogP contribution in [0.2, 0.25) is 0 Å². The van der Waals surface area contributed by atoms with Crippen LogP contribution in [0.25, 0.3) is 0 Å². The molecule has 3 N–H and O–H groups in total. The number of nitrogen functional groups attached to an aromatic ring is 1. The maximum Gasteiger partial charge on any atom is 0.337 e. The van der Waals surface area contributed by atoms with E-state index in [-0.39, 0.29) is 22.5 Å². The predicted octanol–water partition coefficient (Wildman–Crippen LogP) is 0.947. The van der Waals surface area contributed by atoms with Crippen molar-refractivity contribution in [3.63, 3.8) is 0 Å². The summed E-state index contributed by atoms with van der Waals surface area (Å²) in [5.41, 5.74) is 6.07. The van der Waals surface area contributed by atoms with Gasteiger partial charge in [-0.2, -0.15) is 5.26 Å². The van der Waals surface area contributed by atoms with Gasteiger partial charge in [0.05, 0.1) is 12.7 Å². The van der Waals surface area contributed by atoms with Gasteiger partial charge in [0.25, 0.3) is 0 Å². The first kappa shape index (κ1) is 10.7. The number of methoxy groups -OCH3 is 1. The average molecular weight is 203 g/mol. The van der Waals surface area contributed by atoms with Crippen LogP contribution in [0.5, 0.6) is 0 Å². The molecular formula is C10H9N3O2. The second-order valence-electron chi connectivity index (χ2n) is 2.78. The van der Waals surface area contributed by atoms with Crippen LogP contribution in [-0.2, 0) is 4.74 Å². The zero-order chi connectivity index (χ0) is 11.4. The number of hydrogen-bond donors (Lipinski definition) is 2. The molecule has 76 valence electrons. The highest BCUT2D eigenvalue weighted by atomic mass is 16.5. The van der Waals surface area contributed by atoms with Crippen LogP contribution in [0.1, 0.15) is 15.9 Å². The van der Waals surface area contributed by atoms with Crippen molar-refractivity contribution < 1.29 is 9.53 Å². The second-order valence-corrected chi connectivity index (χ2v) is 2.78. The summed E-state index contributed by atoms with van der Waals surface area (Å²) < 4.78 is 4.51. The quantitative estimate of drug-likeness (QED) is 0.424. The predicted molar refractivity (Wildman–Crippen MR) is 54.6 cm³/mol. The molecular weight excluding hydrogens is 194 g/mol. The van der Waals surface area contributed by atoms with Crippen LogP contribution in [-0.4, -0.2) is 18.8 Å². The highest BCUT2D eigenvalue weighted by Gasteiger charge is 2.11. The Morgan fingerprint density at radius 3 is 2.80 bits per heavy atom. The molecule has 0 bridgehead atoms. The number of benzene rings is 1. The first-order valence-electron chi connectivity index (χ1n) is 4.07. The zero-order valence-electron chi connectivity index (χ0n) is 8.07. The van der Waals surface area contributed by atoms with Crippen molar-refractivity contribution in [3.05, 3.63) is 29.3 Å². The van der Waals surface area contributed by atoms with Gasteiger partial charge in [-0.15, -0.1) is 0 Å². The van der Waals surface area contributed by atoms with Crippen molar-refractivity contribution in [2.75, 3.05) is 12.8 Å². The third-order valence-corrected chi connectivity index (χ3v) is 1.86. The van der Waals surface area contributed by atoms with Crippen LogP contribution in [0.4, 0.5) is 5.69 Å². The van der Waals surface area contributed by atoms with Crippen molar-refractivity contribution in [3.8, 4) is 6.07 Å². The number of carbonyl (C=O) groups is 1. The second kappa shape index (κ2) is 4.24. The third-order valence-electron chi connectivity index (χ3n) is 1.86. The number of nitriles is 1. The standard InChI is InChI=1S/C10H9N3O2/c1-15-10(14)6-2-3-8(12)7(4-6)9(13)5-11/h2-4,13H,12H2,1H3. The smallest absolute Gasteiger partial charge is 0.337 e. The zero-order valence-corrected chi connectivity index (χ0v) is 8.07. The van der Waals surface area contributed by atoms with Crippen molar-refractivity contribution in [1.29, 1.82) is 10.7 Å². The Labute approximate surface area is 86.6 Å². The summed E-state index contributed by atoms with van der Waals surface area (Å²) in [5.74, 6) is -0.526. The van der Waals surface area contributed by atoms with Crippen molar-refractivity contribution in [2.45, 2.75) is 0 Å². The summed E-state index contributed by atoms with van der Waals surface area (Å²) in [4.78, 5) is 11.2. The lowest BCUT2D eigenvalue weighted by Gasteiger charge is -2.04. The van der Waals surface area contributed by atoms with Crippen LogP contribution in [0, 0.1) is 16.7 Å². The Morgan fingerprint density at radius 2 is 2.27 bits per heavy atom. The van der Waals surface area contributed by atoms with Gasteiger partial charge >= 0.3 is 5.97 Å². The average Bonchev–Trinajstić information content (AvgIpc) is 2.27. The molecule has 0 fully saturated rings. The highest BCUT2D eigenvalue weighted by Crippen LogP contribution is 2.15. The minimum Gasteiger partial charge on any atom is -0.465 e. The number of nitrogens with two attached hydrogens (primary N) is 1. The molecule has 1 aromatic carbocycles. The molecule has 0 spiro atoms. The van der Waals surface area contributed by atoms with Crippen molar-refractivity contribution in [1.82, 2.24) is 0 Å². The number of nitrogens with zero attached hydrogens (tertiary/aromatic N) is 1. The largest absolute Gasteiger partial charge is 0.465 e. The monoisotopic (exact) mass is 203 g/mol. The van der Waals surface area contributed by atoms with Crippen LogP contribution < -0.4 is 5.73 Å². The molecule has 15 heavy (non-hydrogen) atoms. The Bertz CT molecular complexity index is 460. The van der Waals surface area contributed by atoms with E-state index in [1.54, 1.807) is 6.07 Å². The lowest BCUT2D eigenvalue weighted by molar-refractivity contribution is 0.0601. The molecule has 1 rings (SSSR count). The molecule has 0 amide bonds. The molecule has 0 saturated heterocycles. The summed E-state index contributed by atoms with van der Waals surface area (Å²) in [6, 6.07) is 5.97. The lowest BCUT2D eigenvalue weighted by Crippen LogP contribution is -2.06. The Morgan fingerprint density at radius 1 is 1.60 bits per heavy atom. The van der Waals surface area contributed by atoms with Gasteiger partial charge in [0.1, 0.15) is 11.8 Å². The highest BCUT2D eigenvalue weighted by molar-refractivity contribution is 6.13. The summed E-state index contributed by atoms with van der Waals surface area (Å²) in [7, 11) is 1.26. The molecule has 5 heteroatoms. The van der Waals surface area contributed by atoms with Gasteiger partial charge in [-0.3, -0.25) is 5.41 Å². The minimum atomic E-state index is -0.526. The Kier molecular flexibility index (Phi) is 3.03. The van der Waals surface area contributed by atoms with E-state index in [0.717, 1.165) is 0 Å². The number of rotatable bonds is 2. The fraction of sp³-hybridized carbons (Fsp3) is 0.100. The molecule has 0 heterocycles. The van der Waals surface area contributed by atoms with E-state index in [1.807, 2.05) is 0 Å². The number of ether oxygens (including phenoxy) is 1. The SMILES string of the molecule is COC(=O)c1ccc(N)c(C(=N)C#N)c1. The van der Waals surface area contributed by atoms with Crippen molar-refractivity contribution >= 4 is 17.4 Å². The number of hydrogen-bond acceptors (Lipinski definition) is 5. The molecule has 0 unspecified atom stereocenters. The fourth-order valence-electron chi connectivity index (χ4n) is 1.08. The first-order valence-corrected chi connectivity index (χ1v) is 4.07. The van der Waals surface area contributed by atoms with Crippen LogP contribution in [0.15, 0.2) is 18.2 Å². The molecule has 5 nitrogen and oxygen atoms in total. The molecule has 0 radical (unpaired) electrons. The Hall–Kier alpha value is -2.35. The van der Waals surface area contributed by atoms with E-state index < -0.39 is 5.97 Å². The number of esters is 1. The summed E-state index contributed by atoms with van der Waals surface area (Å²) in [6.07, 6.45) is 0. The summed E-state index contributed by atoms with van der Waals surface area (Å²) in [6.45, 7) is 0. The lowest BCUT2D eigenvalue weighted by atomic mass is 10.1. The van der Waals surface area contributed by atoms with Crippen molar-refractivity contribution in [2.24, 2.45) is 0 Å². The van der Waals surface area contributed by atoms with Gasteiger partial charge in [0.15, 0.2) is 0 Å². The van der Waals surface area contributed by atoms with Gasteiger partial charge in [-0.05, 0) is 18.2 Å². The van der Waals surface area contributed by atoms with Gasteiger partial charge in [0.2, 0.25) is 0 Å². The van der Waals surface area contributed by atoms with Crippen LogP contribution >= 0.6 is 0 Å². The molecule has 1 aromatic rings. The van der Waals surface area contributed by atoms with E-state index in [0.29, 0.717) is 0 Å². The first-order chi connectivity index (χ1) is 7.10. The van der Waals surface area contributed by atoms with E-state index in [4.69, 9.17) is 16.4 Å². The summed E-state index contributed by atoms with van der Waals surface area (Å²) in [5, 5.41) is 15.9. The topological polar surface area (TPSA) is 100.0 Å². The molecule has 0 atom stereocenters. The maximum atomic E-state index is 11.2. The molecule has 0 aliphatic carbocycles. The van der Waals surface area contributed by atoms with Gasteiger partial charge in [0, 0.05) is 11.3 Å². The van der Waals surface area contributed by atoms with Gasteiger partial charge in [-0.25, -0.2) is 4.79 Å². The number of carbonyl (C=O) groups excluding carboxylic acids is 1. The van der Waals surface area contributed by atoms with Gasteiger partial charge in [-0.1, -0.05) is 0 Å². The molecule has 0 aliphatic rings. The normalized spacial score (nSPS) is 9.07.